The van der Waals surface area contributed by atoms with Crippen molar-refractivity contribution in [3.8, 4) is 28.2 Å². The van der Waals surface area contributed by atoms with Crippen molar-refractivity contribution < 1.29 is 9.53 Å². The number of aromatic amines is 1. The predicted molar refractivity (Wildman–Crippen MR) is 137 cm³/mol. The minimum atomic E-state index is -0.543. The first-order valence-electron chi connectivity index (χ1n) is 12.0. The van der Waals surface area contributed by atoms with E-state index in [-0.39, 0.29) is 6.04 Å². The molecule has 12 nitrogen and oxygen atoms in total. The van der Waals surface area contributed by atoms with Crippen molar-refractivity contribution in [2.75, 3.05) is 24.7 Å². The zero-order valence-electron chi connectivity index (χ0n) is 20.7. The van der Waals surface area contributed by atoms with E-state index in [4.69, 9.17) is 25.7 Å². The summed E-state index contributed by atoms with van der Waals surface area (Å²) in [6.45, 7) is 8.07. The van der Waals surface area contributed by atoms with Crippen LogP contribution >= 0.6 is 0 Å². The number of anilines is 1. The minimum absolute atomic E-state index is 0.169. The van der Waals surface area contributed by atoms with Gasteiger partial charge in [-0.15, -0.1) is 0 Å². The van der Waals surface area contributed by atoms with E-state index >= 15 is 0 Å². The Morgan fingerprint density at radius 2 is 2.08 bits per heavy atom. The van der Waals surface area contributed by atoms with E-state index in [9.17, 15) is 4.79 Å². The van der Waals surface area contributed by atoms with E-state index < -0.39 is 5.91 Å². The summed E-state index contributed by atoms with van der Waals surface area (Å²) >= 11 is 0. The first-order valence-corrected chi connectivity index (χ1v) is 12.0. The fourth-order valence-electron chi connectivity index (χ4n) is 4.88. The van der Waals surface area contributed by atoms with Crippen molar-refractivity contribution >= 4 is 17.4 Å². The Morgan fingerprint density at radius 3 is 2.84 bits per heavy atom. The molecule has 37 heavy (non-hydrogen) atoms. The van der Waals surface area contributed by atoms with Gasteiger partial charge in [0.05, 0.1) is 71.2 Å². The highest BCUT2D eigenvalue weighted by molar-refractivity contribution is 5.93. The smallest absolute Gasteiger partial charge is 0.250 e. The lowest BCUT2D eigenvalue weighted by Crippen LogP contribution is -2.44. The predicted octanol–water partition coefficient (Wildman–Crippen LogP) is 2.31. The summed E-state index contributed by atoms with van der Waals surface area (Å²) < 4.78 is 9.28. The largest absolute Gasteiger partial charge is 0.377 e. The molecule has 12 heteroatoms. The number of hydrogen-bond donors (Lipinski definition) is 2. The van der Waals surface area contributed by atoms with Crippen molar-refractivity contribution in [3.63, 3.8) is 0 Å². The Balaban J connectivity index is 1.57. The highest BCUT2D eigenvalue weighted by atomic mass is 16.5. The first-order chi connectivity index (χ1) is 17.9. The van der Waals surface area contributed by atoms with Gasteiger partial charge in [-0.2, -0.15) is 15.3 Å². The third-order valence-corrected chi connectivity index (χ3v) is 6.71. The average Bonchev–Trinajstić information content (AvgIpc) is 3.63. The number of carbonyl (C=O) groups is 1. The van der Waals surface area contributed by atoms with Gasteiger partial charge in [0.2, 0.25) is 5.91 Å². The van der Waals surface area contributed by atoms with Gasteiger partial charge >= 0.3 is 0 Å². The standard InChI is InChI=1S/C25H26N10O2/c1-14-13-37-7-6-33(14)22-9-21(35-25(30-22)19(12-29-35)20-4-5-28-31-20)23-15(2)32-34(16(23)3)18-8-17(24(26)36)10-27-11-18/h4-5,8-12,14H,6-7,13H2,1-3H3,(H2,26,36)(H,28,31). The van der Waals surface area contributed by atoms with Gasteiger partial charge in [0.1, 0.15) is 5.82 Å². The molecule has 188 valence electrons. The molecule has 5 aromatic rings. The molecule has 0 radical (unpaired) electrons. The number of aromatic nitrogens is 8. The molecular formula is C25H26N10O2. The third-order valence-electron chi connectivity index (χ3n) is 6.71. The van der Waals surface area contributed by atoms with Crippen molar-refractivity contribution in [1.82, 2.24) is 39.6 Å². The molecule has 1 amide bonds. The molecule has 1 fully saturated rings. The summed E-state index contributed by atoms with van der Waals surface area (Å²) in [5.74, 6) is 0.294. The zero-order chi connectivity index (χ0) is 25.7. The fourth-order valence-corrected chi connectivity index (χ4v) is 4.88. The van der Waals surface area contributed by atoms with E-state index in [1.165, 1.54) is 6.20 Å². The number of carbonyl (C=O) groups excluding carboxylic acids is 1. The fraction of sp³-hybridized carbons (Fsp3) is 0.280. The number of hydrogen-bond acceptors (Lipinski definition) is 8. The number of H-pyrrole nitrogens is 1. The SMILES string of the molecule is Cc1nn(-c2cncc(C(N)=O)c2)c(C)c1-c1cc(N2CCOCC2C)nc2c(-c3ccn[nH]3)cnn12. The Hall–Kier alpha value is -4.58. The van der Waals surface area contributed by atoms with Crippen molar-refractivity contribution in [2.24, 2.45) is 5.73 Å². The quantitative estimate of drug-likeness (QED) is 0.375. The summed E-state index contributed by atoms with van der Waals surface area (Å²) in [5, 5.41) is 16.6. The Kier molecular flexibility index (Phi) is 5.45. The number of aryl methyl sites for hydroxylation is 1. The summed E-state index contributed by atoms with van der Waals surface area (Å²) in [4.78, 5) is 23.2. The van der Waals surface area contributed by atoms with Crippen molar-refractivity contribution in [3.05, 3.63) is 59.9 Å². The molecule has 5 aromatic heterocycles. The highest BCUT2D eigenvalue weighted by Crippen LogP contribution is 2.34. The maximum Gasteiger partial charge on any atom is 0.250 e. The van der Waals surface area contributed by atoms with E-state index in [1.807, 2.05) is 24.4 Å². The van der Waals surface area contributed by atoms with Crippen LogP contribution in [0.2, 0.25) is 0 Å². The molecule has 0 aliphatic carbocycles. The number of rotatable bonds is 5. The van der Waals surface area contributed by atoms with Crippen LogP contribution in [0.4, 0.5) is 5.82 Å². The molecule has 1 unspecified atom stereocenters. The second-order valence-electron chi connectivity index (χ2n) is 9.13. The van der Waals surface area contributed by atoms with Gasteiger partial charge in [-0.3, -0.25) is 14.9 Å². The van der Waals surface area contributed by atoms with Crippen LogP contribution in [0, 0.1) is 13.8 Å². The number of pyridine rings is 1. The van der Waals surface area contributed by atoms with Crippen LogP contribution < -0.4 is 10.6 Å². The van der Waals surface area contributed by atoms with Crippen molar-refractivity contribution in [1.29, 1.82) is 0 Å². The van der Waals surface area contributed by atoms with Crippen molar-refractivity contribution in [2.45, 2.75) is 26.8 Å². The second kappa shape index (κ2) is 8.82. The van der Waals surface area contributed by atoms with Crippen LogP contribution in [0.1, 0.15) is 28.7 Å². The summed E-state index contributed by atoms with van der Waals surface area (Å²) in [6.07, 6.45) is 6.60. The number of ether oxygens (including phenoxy) is 1. The lowest BCUT2D eigenvalue weighted by molar-refractivity contribution is 0.0985. The van der Waals surface area contributed by atoms with E-state index in [0.29, 0.717) is 30.1 Å². The highest BCUT2D eigenvalue weighted by Gasteiger charge is 2.26. The van der Waals surface area contributed by atoms with Gasteiger partial charge in [0.25, 0.3) is 0 Å². The Labute approximate surface area is 212 Å². The number of nitrogens with zero attached hydrogens (tertiary/aromatic N) is 8. The molecule has 6 rings (SSSR count). The lowest BCUT2D eigenvalue weighted by atomic mass is 10.1. The van der Waals surface area contributed by atoms with Crippen LogP contribution in [0.3, 0.4) is 0 Å². The molecule has 6 heterocycles. The molecule has 0 spiro atoms. The van der Waals surface area contributed by atoms with Crippen LogP contribution in [0.15, 0.2) is 43.0 Å². The molecule has 1 aliphatic rings. The normalized spacial score (nSPS) is 16.0. The van der Waals surface area contributed by atoms with Gasteiger partial charge in [-0.25, -0.2) is 14.2 Å². The number of morpholine rings is 1. The van der Waals surface area contributed by atoms with Crippen LogP contribution in [-0.2, 0) is 4.74 Å². The molecule has 0 saturated carbocycles. The van der Waals surface area contributed by atoms with E-state index in [1.54, 1.807) is 29.3 Å². The topological polar surface area (TPSA) is 145 Å². The summed E-state index contributed by atoms with van der Waals surface area (Å²) in [6, 6.07) is 5.81. The summed E-state index contributed by atoms with van der Waals surface area (Å²) in [7, 11) is 0. The van der Waals surface area contributed by atoms with E-state index in [0.717, 1.165) is 46.3 Å². The van der Waals surface area contributed by atoms with Gasteiger partial charge in [0.15, 0.2) is 5.65 Å². The van der Waals surface area contributed by atoms with Crippen LogP contribution in [-0.4, -0.2) is 71.3 Å². The first kappa shape index (κ1) is 22.9. The molecule has 0 bridgehead atoms. The molecular weight excluding hydrogens is 472 g/mol. The zero-order valence-corrected chi connectivity index (χ0v) is 20.7. The molecule has 1 saturated heterocycles. The molecule has 0 aromatic carbocycles. The maximum atomic E-state index is 11.7. The molecule has 3 N–H and O–H groups in total. The van der Waals surface area contributed by atoms with E-state index in [2.05, 4.69) is 33.1 Å². The van der Waals surface area contributed by atoms with Crippen LogP contribution in [0.5, 0.6) is 0 Å². The van der Waals surface area contributed by atoms with Crippen LogP contribution in [0.25, 0.3) is 33.8 Å². The maximum absolute atomic E-state index is 11.7. The lowest BCUT2D eigenvalue weighted by Gasteiger charge is -2.34. The number of fused-ring (bicyclic) bond motifs is 1. The number of primary amides is 1. The number of amides is 1. The minimum Gasteiger partial charge on any atom is -0.377 e. The van der Waals surface area contributed by atoms with Gasteiger partial charge < -0.3 is 15.4 Å². The van der Waals surface area contributed by atoms with Gasteiger partial charge in [0, 0.05) is 30.6 Å². The van der Waals surface area contributed by atoms with Gasteiger partial charge in [-0.1, -0.05) is 0 Å². The second-order valence-corrected chi connectivity index (χ2v) is 9.13. The average molecular weight is 499 g/mol. The summed E-state index contributed by atoms with van der Waals surface area (Å²) in [5.41, 5.74) is 12.3. The molecule has 1 aliphatic heterocycles. The Bertz CT molecular complexity index is 1620. The monoisotopic (exact) mass is 498 g/mol. The third kappa shape index (κ3) is 3.82. The van der Waals surface area contributed by atoms with Gasteiger partial charge in [-0.05, 0) is 32.9 Å². The number of nitrogens with two attached hydrogens (primary N) is 1. The molecule has 1 atom stereocenters. The number of nitrogens with one attached hydrogen (secondary N) is 1. The Morgan fingerprint density at radius 1 is 1.22 bits per heavy atom.